The van der Waals surface area contributed by atoms with E-state index in [2.05, 4.69) is 15.2 Å². The van der Waals surface area contributed by atoms with Gasteiger partial charge < -0.3 is 14.8 Å². The van der Waals surface area contributed by atoms with Gasteiger partial charge in [0.2, 0.25) is 5.91 Å². The summed E-state index contributed by atoms with van der Waals surface area (Å²) in [7, 11) is 1.63. The van der Waals surface area contributed by atoms with Crippen molar-refractivity contribution in [2.75, 3.05) is 33.4 Å². The number of thiazole rings is 1. The van der Waals surface area contributed by atoms with Crippen LogP contribution in [-0.2, 0) is 20.8 Å². The number of nitrogens with one attached hydrogen (secondary N) is 1. The zero-order valence-electron chi connectivity index (χ0n) is 12.9. The number of carbonyl (C=O) groups excluding carboxylic acids is 1. The number of hydrogen-bond donors (Lipinski definition) is 1. The van der Waals surface area contributed by atoms with Gasteiger partial charge in [0.05, 0.1) is 19.3 Å². The van der Waals surface area contributed by atoms with Crippen LogP contribution < -0.4 is 5.32 Å². The van der Waals surface area contributed by atoms with E-state index in [0.29, 0.717) is 19.1 Å². The molecule has 2 aliphatic rings. The zero-order valence-corrected chi connectivity index (χ0v) is 13.7. The van der Waals surface area contributed by atoms with E-state index in [1.807, 2.05) is 11.6 Å². The fourth-order valence-electron chi connectivity index (χ4n) is 3.22. The van der Waals surface area contributed by atoms with Gasteiger partial charge in [0, 0.05) is 31.8 Å². The molecule has 1 amide bonds. The van der Waals surface area contributed by atoms with Crippen LogP contribution >= 0.6 is 11.3 Å². The molecule has 1 aromatic heterocycles. The predicted octanol–water partition coefficient (Wildman–Crippen LogP) is 0.885. The summed E-state index contributed by atoms with van der Waals surface area (Å²) in [6, 6.07) is 0. The van der Waals surface area contributed by atoms with E-state index >= 15 is 0 Å². The molecular formula is C15H23N3O3S. The van der Waals surface area contributed by atoms with Crippen LogP contribution in [0.1, 0.15) is 17.8 Å². The molecule has 1 aromatic rings. The van der Waals surface area contributed by atoms with Gasteiger partial charge in [0.1, 0.15) is 11.1 Å². The molecule has 0 bridgehead atoms. The molecule has 0 aromatic carbocycles. The molecule has 6 nitrogen and oxygen atoms in total. The summed E-state index contributed by atoms with van der Waals surface area (Å²) in [5.74, 6) is 0.503. The SMILES string of the molecule is COCCNC(=O)[C@@H]1C[C@H]2CCN(Cc3nccs3)C[C@@H]2O1. The van der Waals surface area contributed by atoms with Gasteiger partial charge in [-0.15, -0.1) is 11.3 Å². The smallest absolute Gasteiger partial charge is 0.249 e. The normalized spacial score (nSPS) is 28.5. The summed E-state index contributed by atoms with van der Waals surface area (Å²) >= 11 is 1.69. The number of carbonyl (C=O) groups is 1. The highest BCUT2D eigenvalue weighted by molar-refractivity contribution is 7.09. The van der Waals surface area contributed by atoms with Gasteiger partial charge in [-0.2, -0.15) is 0 Å². The minimum Gasteiger partial charge on any atom is -0.383 e. The summed E-state index contributed by atoms with van der Waals surface area (Å²) in [4.78, 5) is 18.8. The average Bonchev–Trinajstić information content (AvgIpc) is 3.16. The summed E-state index contributed by atoms with van der Waals surface area (Å²) in [5.41, 5.74) is 0. The van der Waals surface area contributed by atoms with Crippen molar-refractivity contribution >= 4 is 17.2 Å². The first-order chi connectivity index (χ1) is 10.8. The topological polar surface area (TPSA) is 63.7 Å². The zero-order chi connectivity index (χ0) is 15.4. The van der Waals surface area contributed by atoms with E-state index in [0.717, 1.165) is 37.5 Å². The molecule has 0 aliphatic carbocycles. The molecule has 0 saturated carbocycles. The summed E-state index contributed by atoms with van der Waals surface area (Å²) < 4.78 is 10.9. The minimum absolute atomic E-state index is 0.00192. The van der Waals surface area contributed by atoms with Gasteiger partial charge >= 0.3 is 0 Å². The highest BCUT2D eigenvalue weighted by Crippen LogP contribution is 2.33. The number of amides is 1. The fourth-order valence-corrected chi connectivity index (χ4v) is 3.88. The molecule has 22 heavy (non-hydrogen) atoms. The number of ether oxygens (including phenoxy) is 2. The van der Waals surface area contributed by atoms with Crippen molar-refractivity contribution in [3.05, 3.63) is 16.6 Å². The Labute approximate surface area is 134 Å². The van der Waals surface area contributed by atoms with Crippen LogP contribution in [-0.4, -0.2) is 61.3 Å². The third-order valence-electron chi connectivity index (χ3n) is 4.38. The Bertz CT molecular complexity index is 482. The number of methoxy groups -OCH3 is 1. The highest BCUT2D eigenvalue weighted by atomic mass is 32.1. The van der Waals surface area contributed by atoms with Gasteiger partial charge in [-0.3, -0.25) is 9.69 Å². The Hall–Kier alpha value is -1.02. The second-order valence-corrected chi connectivity index (χ2v) is 6.87. The van der Waals surface area contributed by atoms with Gasteiger partial charge in [-0.25, -0.2) is 4.98 Å². The van der Waals surface area contributed by atoms with Crippen LogP contribution in [0.2, 0.25) is 0 Å². The van der Waals surface area contributed by atoms with E-state index in [9.17, 15) is 4.79 Å². The van der Waals surface area contributed by atoms with E-state index < -0.39 is 0 Å². The lowest BCUT2D eigenvalue weighted by molar-refractivity contribution is -0.133. The van der Waals surface area contributed by atoms with Gasteiger partial charge in [0.25, 0.3) is 0 Å². The minimum atomic E-state index is -0.299. The maximum Gasteiger partial charge on any atom is 0.249 e. The molecule has 0 spiro atoms. The second kappa shape index (κ2) is 7.50. The first-order valence-electron chi connectivity index (χ1n) is 7.79. The van der Waals surface area contributed by atoms with E-state index in [1.165, 1.54) is 0 Å². The summed E-state index contributed by atoms with van der Waals surface area (Å²) in [6.07, 6.45) is 3.66. The fraction of sp³-hybridized carbons (Fsp3) is 0.733. The quantitative estimate of drug-likeness (QED) is 0.787. The van der Waals surface area contributed by atoms with Crippen molar-refractivity contribution in [3.8, 4) is 0 Å². The molecule has 0 radical (unpaired) electrons. The number of rotatable bonds is 6. The van der Waals surface area contributed by atoms with Gasteiger partial charge in [-0.1, -0.05) is 0 Å². The Morgan fingerprint density at radius 1 is 1.64 bits per heavy atom. The number of hydrogen-bond acceptors (Lipinski definition) is 6. The lowest BCUT2D eigenvalue weighted by atomic mass is 9.91. The van der Waals surface area contributed by atoms with Gasteiger partial charge in [0.15, 0.2) is 0 Å². The average molecular weight is 325 g/mol. The largest absolute Gasteiger partial charge is 0.383 e. The molecule has 122 valence electrons. The first kappa shape index (κ1) is 15.9. The molecule has 3 atom stereocenters. The first-order valence-corrected chi connectivity index (χ1v) is 8.67. The van der Waals surface area contributed by atoms with E-state index in [-0.39, 0.29) is 18.1 Å². The lowest BCUT2D eigenvalue weighted by Gasteiger charge is -2.33. The number of fused-ring (bicyclic) bond motifs is 1. The lowest BCUT2D eigenvalue weighted by Crippen LogP contribution is -2.42. The molecule has 3 rings (SSSR count). The van der Waals surface area contributed by atoms with Crippen molar-refractivity contribution in [3.63, 3.8) is 0 Å². The Morgan fingerprint density at radius 3 is 3.32 bits per heavy atom. The van der Waals surface area contributed by atoms with Crippen LogP contribution in [0.15, 0.2) is 11.6 Å². The standard InChI is InChI=1S/C15H23N3O3S/c1-20-6-3-17-15(19)12-8-11-2-5-18(9-13(11)21-12)10-14-16-4-7-22-14/h4,7,11-13H,2-3,5-6,8-10H2,1H3,(H,17,19)/t11-,12+,13+/m1/s1. The molecule has 3 heterocycles. The van der Waals surface area contributed by atoms with Crippen molar-refractivity contribution < 1.29 is 14.3 Å². The third kappa shape index (κ3) is 3.84. The van der Waals surface area contributed by atoms with E-state index in [4.69, 9.17) is 9.47 Å². The highest BCUT2D eigenvalue weighted by Gasteiger charge is 2.41. The van der Waals surface area contributed by atoms with Crippen molar-refractivity contribution in [1.29, 1.82) is 0 Å². The number of nitrogens with zero attached hydrogens (tertiary/aromatic N) is 2. The number of aromatic nitrogens is 1. The Morgan fingerprint density at radius 2 is 2.55 bits per heavy atom. The molecule has 2 aliphatic heterocycles. The maximum atomic E-state index is 12.1. The van der Waals surface area contributed by atoms with Crippen LogP contribution in [0.3, 0.4) is 0 Å². The van der Waals surface area contributed by atoms with E-state index in [1.54, 1.807) is 18.4 Å². The van der Waals surface area contributed by atoms with Crippen LogP contribution in [0, 0.1) is 5.92 Å². The molecular weight excluding hydrogens is 302 g/mol. The number of piperidine rings is 1. The molecule has 2 saturated heterocycles. The van der Waals surface area contributed by atoms with Crippen molar-refractivity contribution in [2.24, 2.45) is 5.92 Å². The molecule has 7 heteroatoms. The van der Waals surface area contributed by atoms with Crippen LogP contribution in [0.4, 0.5) is 0 Å². The van der Waals surface area contributed by atoms with Crippen molar-refractivity contribution in [2.45, 2.75) is 31.6 Å². The van der Waals surface area contributed by atoms with Crippen LogP contribution in [0.25, 0.3) is 0 Å². The van der Waals surface area contributed by atoms with Crippen LogP contribution in [0.5, 0.6) is 0 Å². The molecule has 2 fully saturated rings. The monoisotopic (exact) mass is 325 g/mol. The van der Waals surface area contributed by atoms with Gasteiger partial charge in [-0.05, 0) is 25.3 Å². The second-order valence-electron chi connectivity index (χ2n) is 5.89. The molecule has 0 unspecified atom stereocenters. The predicted molar refractivity (Wildman–Crippen MR) is 83.7 cm³/mol. The third-order valence-corrected chi connectivity index (χ3v) is 5.14. The summed E-state index contributed by atoms with van der Waals surface area (Å²) in [5, 5.41) is 6.02. The Balaban J connectivity index is 1.47. The molecule has 1 N–H and O–H groups in total. The maximum absolute atomic E-state index is 12.1. The van der Waals surface area contributed by atoms with Crippen molar-refractivity contribution in [1.82, 2.24) is 15.2 Å². The Kier molecular flexibility index (Phi) is 5.41. The summed E-state index contributed by atoms with van der Waals surface area (Å²) in [6.45, 7) is 3.91. The number of likely N-dealkylation sites (tertiary alicyclic amines) is 1.